The van der Waals surface area contributed by atoms with Crippen molar-refractivity contribution in [1.29, 1.82) is 0 Å². The number of nitrogens with one attached hydrogen (secondary N) is 1. The van der Waals surface area contributed by atoms with E-state index in [1.165, 1.54) is 19.2 Å². The fourth-order valence-corrected chi connectivity index (χ4v) is 4.19. The molecule has 4 rings (SSSR count). The molecule has 6 nitrogen and oxygen atoms in total. The first-order valence-corrected chi connectivity index (χ1v) is 11.2. The maximum atomic E-state index is 14.5. The number of aromatic nitrogens is 2. The molecule has 0 amide bonds. The Morgan fingerprint density at radius 2 is 1.91 bits per heavy atom. The Morgan fingerprint density at radius 3 is 2.57 bits per heavy atom. The quantitative estimate of drug-likeness (QED) is 0.413. The first-order valence-electron chi connectivity index (χ1n) is 11.2. The molecule has 2 heterocycles. The Hall–Kier alpha value is -3.14. The van der Waals surface area contributed by atoms with Crippen LogP contribution in [0.5, 0.6) is 11.5 Å². The Kier molecular flexibility index (Phi) is 6.77. The molecule has 1 fully saturated rings. The van der Waals surface area contributed by atoms with Gasteiger partial charge in [0.25, 0.3) is 0 Å². The highest BCUT2D eigenvalue weighted by Crippen LogP contribution is 2.39. The number of aryl methyl sites for hydroxylation is 1. The minimum absolute atomic E-state index is 0.128. The van der Waals surface area contributed by atoms with E-state index in [1.807, 2.05) is 13.8 Å². The fourth-order valence-electron chi connectivity index (χ4n) is 4.19. The standard InChI is InChI=1S/C25H27F4N3O3/c1-14-31-19-11-20(33-4)21(35-24(2,3)16-8-9-34-13-16)10-17(19)23(32-14)30-12-15-6-5-7-18(22(15)26)25(27,28)29/h5-7,10-11,16H,8-9,12-13H2,1-4H3,(H,30,31,32). The normalized spacial score (nSPS) is 16.5. The van der Waals surface area contributed by atoms with Crippen LogP contribution in [0.2, 0.25) is 0 Å². The number of halogens is 4. The highest BCUT2D eigenvalue weighted by molar-refractivity contribution is 5.91. The second kappa shape index (κ2) is 9.49. The van der Waals surface area contributed by atoms with Gasteiger partial charge in [-0.2, -0.15) is 13.2 Å². The molecule has 0 bridgehead atoms. The minimum atomic E-state index is -4.78. The summed E-state index contributed by atoms with van der Waals surface area (Å²) >= 11 is 0. The average Bonchev–Trinajstić information content (AvgIpc) is 3.33. The largest absolute Gasteiger partial charge is 0.493 e. The van der Waals surface area contributed by atoms with Crippen LogP contribution < -0.4 is 14.8 Å². The van der Waals surface area contributed by atoms with Gasteiger partial charge in [0.15, 0.2) is 11.5 Å². The lowest BCUT2D eigenvalue weighted by molar-refractivity contribution is -0.140. The SMILES string of the molecule is COc1cc2nc(C)nc(NCc3cccc(C(F)(F)F)c3F)c2cc1OC(C)(C)C1CCOC1. The molecule has 3 aromatic rings. The zero-order valence-electron chi connectivity index (χ0n) is 19.9. The van der Waals surface area contributed by atoms with Gasteiger partial charge in [0, 0.05) is 36.1 Å². The Bertz CT molecular complexity index is 1220. The van der Waals surface area contributed by atoms with Gasteiger partial charge in [0.05, 0.1) is 24.8 Å². The van der Waals surface area contributed by atoms with Crippen LogP contribution in [0.1, 0.15) is 37.2 Å². The maximum Gasteiger partial charge on any atom is 0.419 e. The van der Waals surface area contributed by atoms with Crippen molar-refractivity contribution < 1.29 is 31.8 Å². The van der Waals surface area contributed by atoms with Crippen molar-refractivity contribution in [3.05, 3.63) is 53.1 Å². The third-order valence-electron chi connectivity index (χ3n) is 6.21. The first kappa shape index (κ1) is 25.0. The van der Waals surface area contributed by atoms with Gasteiger partial charge >= 0.3 is 6.18 Å². The molecule has 1 atom stereocenters. The molecule has 0 aliphatic carbocycles. The van der Waals surface area contributed by atoms with Crippen molar-refractivity contribution in [2.75, 3.05) is 25.6 Å². The van der Waals surface area contributed by atoms with Crippen LogP contribution in [0.3, 0.4) is 0 Å². The lowest BCUT2D eigenvalue weighted by Gasteiger charge is -2.32. The van der Waals surface area contributed by atoms with Crippen molar-refractivity contribution in [1.82, 2.24) is 9.97 Å². The minimum Gasteiger partial charge on any atom is -0.493 e. The number of hydrogen-bond donors (Lipinski definition) is 1. The molecule has 1 aromatic heterocycles. The number of hydrogen-bond acceptors (Lipinski definition) is 6. The molecular formula is C25H27F4N3O3. The lowest BCUT2D eigenvalue weighted by Crippen LogP contribution is -2.38. The predicted octanol–water partition coefficient (Wildman–Crippen LogP) is 5.91. The van der Waals surface area contributed by atoms with E-state index in [-0.39, 0.29) is 18.0 Å². The third-order valence-corrected chi connectivity index (χ3v) is 6.21. The molecule has 1 aliphatic heterocycles. The third kappa shape index (κ3) is 5.27. The van der Waals surface area contributed by atoms with Gasteiger partial charge in [-0.05, 0) is 39.3 Å². The van der Waals surface area contributed by atoms with Crippen molar-refractivity contribution in [3.8, 4) is 11.5 Å². The Morgan fingerprint density at radius 1 is 1.14 bits per heavy atom. The lowest BCUT2D eigenvalue weighted by atomic mass is 9.90. The van der Waals surface area contributed by atoms with Crippen LogP contribution in [-0.4, -0.2) is 35.9 Å². The van der Waals surface area contributed by atoms with Gasteiger partial charge in [-0.3, -0.25) is 0 Å². The van der Waals surface area contributed by atoms with Crippen molar-refractivity contribution in [3.63, 3.8) is 0 Å². The number of alkyl halides is 3. The highest BCUT2D eigenvalue weighted by Gasteiger charge is 2.36. The van der Waals surface area contributed by atoms with Gasteiger partial charge in [-0.15, -0.1) is 0 Å². The second-order valence-corrected chi connectivity index (χ2v) is 9.04. The van der Waals surface area contributed by atoms with E-state index in [0.717, 1.165) is 12.5 Å². The summed E-state index contributed by atoms with van der Waals surface area (Å²) in [5, 5.41) is 3.54. The van der Waals surface area contributed by atoms with E-state index >= 15 is 0 Å². The molecular weight excluding hydrogens is 466 g/mol. The number of ether oxygens (including phenoxy) is 3. The van der Waals surface area contributed by atoms with Crippen molar-refractivity contribution in [2.45, 2.75) is 45.5 Å². The molecule has 35 heavy (non-hydrogen) atoms. The maximum absolute atomic E-state index is 14.5. The number of fused-ring (bicyclic) bond motifs is 1. The van der Waals surface area contributed by atoms with E-state index in [9.17, 15) is 17.6 Å². The van der Waals surface area contributed by atoms with Crippen molar-refractivity contribution in [2.24, 2.45) is 5.92 Å². The molecule has 188 valence electrons. The summed E-state index contributed by atoms with van der Waals surface area (Å²) < 4.78 is 71.2. The summed E-state index contributed by atoms with van der Waals surface area (Å²) in [6.07, 6.45) is -3.90. The molecule has 1 saturated heterocycles. The zero-order valence-corrected chi connectivity index (χ0v) is 19.9. The van der Waals surface area contributed by atoms with E-state index < -0.39 is 23.2 Å². The summed E-state index contributed by atoms with van der Waals surface area (Å²) in [5.74, 6) is 0.616. The van der Waals surface area contributed by atoms with Gasteiger partial charge in [-0.25, -0.2) is 14.4 Å². The van der Waals surface area contributed by atoms with Crippen molar-refractivity contribution >= 4 is 16.7 Å². The van der Waals surface area contributed by atoms with Crippen LogP contribution in [0.4, 0.5) is 23.4 Å². The molecule has 1 unspecified atom stereocenters. The highest BCUT2D eigenvalue weighted by atomic mass is 19.4. The summed E-state index contributed by atoms with van der Waals surface area (Å²) in [5.41, 5.74) is -1.43. The first-order chi connectivity index (χ1) is 16.5. The monoisotopic (exact) mass is 493 g/mol. The topological polar surface area (TPSA) is 65.5 Å². The van der Waals surface area contributed by atoms with Crippen LogP contribution in [-0.2, 0) is 17.5 Å². The molecule has 10 heteroatoms. The van der Waals surface area contributed by atoms with Gasteiger partial charge in [0.2, 0.25) is 0 Å². The van der Waals surface area contributed by atoms with E-state index in [1.54, 1.807) is 19.1 Å². The smallest absolute Gasteiger partial charge is 0.419 e. The number of rotatable bonds is 7. The molecule has 2 aromatic carbocycles. The molecule has 1 aliphatic rings. The molecule has 0 spiro atoms. The average molecular weight is 494 g/mol. The van der Waals surface area contributed by atoms with E-state index in [0.29, 0.717) is 47.3 Å². The zero-order chi connectivity index (χ0) is 25.4. The number of anilines is 1. The molecule has 0 saturated carbocycles. The van der Waals surface area contributed by atoms with Crippen LogP contribution in [0.15, 0.2) is 30.3 Å². The van der Waals surface area contributed by atoms with Crippen LogP contribution in [0.25, 0.3) is 10.9 Å². The summed E-state index contributed by atoms with van der Waals surface area (Å²) in [6, 6.07) is 6.65. The number of benzene rings is 2. The second-order valence-electron chi connectivity index (χ2n) is 9.04. The Labute approximate surface area is 200 Å². The molecule has 0 radical (unpaired) electrons. The predicted molar refractivity (Wildman–Crippen MR) is 123 cm³/mol. The summed E-state index contributed by atoms with van der Waals surface area (Å²) in [7, 11) is 1.53. The number of nitrogens with zero attached hydrogens (tertiary/aromatic N) is 2. The summed E-state index contributed by atoms with van der Waals surface area (Å²) in [6.45, 7) is 6.73. The summed E-state index contributed by atoms with van der Waals surface area (Å²) in [4.78, 5) is 8.85. The number of methoxy groups -OCH3 is 1. The van der Waals surface area contributed by atoms with E-state index in [4.69, 9.17) is 14.2 Å². The fraction of sp³-hybridized carbons (Fsp3) is 0.440. The van der Waals surface area contributed by atoms with E-state index in [2.05, 4.69) is 15.3 Å². The Balaban J connectivity index is 1.69. The molecule has 1 N–H and O–H groups in total. The van der Waals surface area contributed by atoms with Gasteiger partial charge < -0.3 is 19.5 Å². The van der Waals surface area contributed by atoms with Gasteiger partial charge in [-0.1, -0.05) is 12.1 Å². The van der Waals surface area contributed by atoms with Crippen LogP contribution in [0, 0.1) is 18.7 Å². The van der Waals surface area contributed by atoms with Gasteiger partial charge in [0.1, 0.15) is 23.1 Å². The van der Waals surface area contributed by atoms with Crippen LogP contribution >= 0.6 is 0 Å².